The Morgan fingerprint density at radius 2 is 1.13 bits per heavy atom. The van der Waals surface area contributed by atoms with Gasteiger partial charge in [0.2, 0.25) is 0 Å². The standard InChI is InChI=1S/C11H24N.C2H6.No/c1-3-4-5-6-7-8-9-10-11-12-2;1-2;/h3-11H2,1-2H3;1-2H3;/q-1;;. The fourth-order valence-electron chi connectivity index (χ4n) is 1.40. The average Bonchev–Trinajstić information content (AvgIpc) is 2.25. The molecule has 0 aromatic heterocycles. The molecule has 15 heavy (non-hydrogen) atoms. The molecule has 0 aromatic carbocycles. The first-order valence-electron chi connectivity index (χ1n) is 6.47. The zero-order valence-corrected chi connectivity index (χ0v) is 13.3. The molecule has 0 unspecified atom stereocenters. The first kappa shape index (κ1) is 19.5. The minimum atomic E-state index is 0. The minimum Gasteiger partial charge on any atom is -0.665 e. The van der Waals surface area contributed by atoms with E-state index in [0.717, 1.165) is 6.54 Å². The minimum absolute atomic E-state index is 0. The first-order chi connectivity index (χ1) is 6.91. The van der Waals surface area contributed by atoms with Gasteiger partial charge in [0.05, 0.1) is 0 Å². The number of hydrogen-bond donors (Lipinski definition) is 0. The maximum atomic E-state index is 4.08. The largest absolute Gasteiger partial charge is 0.665 e. The van der Waals surface area contributed by atoms with Crippen LogP contribution in [0.15, 0.2) is 0 Å². The molecule has 0 aliphatic heterocycles. The number of hydrogen-bond acceptors (Lipinski definition) is 0. The fourth-order valence-corrected chi connectivity index (χ4v) is 1.40. The second-order valence-corrected chi connectivity index (χ2v) is 3.51. The van der Waals surface area contributed by atoms with Gasteiger partial charge in [-0.15, -0.1) is 6.54 Å². The van der Waals surface area contributed by atoms with Crippen molar-refractivity contribution in [3.63, 3.8) is 0 Å². The van der Waals surface area contributed by atoms with E-state index in [9.17, 15) is 0 Å². The molecule has 0 saturated heterocycles. The Kier molecular flexibility index (Phi) is 30.0. The molecule has 1 nitrogen and oxygen atoms in total. The van der Waals surface area contributed by atoms with Crippen LogP contribution in [0.2, 0.25) is 0 Å². The summed E-state index contributed by atoms with van der Waals surface area (Å²) < 4.78 is 0. The van der Waals surface area contributed by atoms with E-state index in [2.05, 4.69) is 12.2 Å². The van der Waals surface area contributed by atoms with Gasteiger partial charge in [0.25, 0.3) is 0 Å². The molecule has 0 aromatic rings. The summed E-state index contributed by atoms with van der Waals surface area (Å²) in [6, 6.07) is 0. The molecule has 0 N–H and O–H groups in total. The summed E-state index contributed by atoms with van der Waals surface area (Å²) in [7, 11) is 1.90. The van der Waals surface area contributed by atoms with Crippen molar-refractivity contribution in [2.24, 2.45) is 0 Å². The van der Waals surface area contributed by atoms with Crippen molar-refractivity contribution in [1.82, 2.24) is 0 Å². The van der Waals surface area contributed by atoms with Crippen molar-refractivity contribution in [2.45, 2.75) is 72.1 Å². The normalized spacial score (nSPS) is 8.80. The first-order valence-corrected chi connectivity index (χ1v) is 6.47. The van der Waals surface area contributed by atoms with Crippen molar-refractivity contribution in [3.05, 3.63) is 5.32 Å². The molecule has 0 heterocycles. The molecule has 0 saturated carbocycles. The Bertz CT molecular complexity index is 66.9. The third-order valence-electron chi connectivity index (χ3n) is 2.24. The Labute approximate surface area is 91.7 Å². The molecule has 0 bridgehead atoms. The molecule has 0 spiro atoms. The molecule has 0 aliphatic rings. The van der Waals surface area contributed by atoms with Gasteiger partial charge < -0.3 is 5.32 Å². The molecule has 0 amide bonds. The van der Waals surface area contributed by atoms with Crippen LogP contribution >= 0.6 is 0 Å². The van der Waals surface area contributed by atoms with Crippen LogP contribution < -0.4 is 0 Å². The predicted molar refractivity (Wildman–Crippen MR) is 68.1 cm³/mol. The van der Waals surface area contributed by atoms with Crippen molar-refractivity contribution in [1.29, 1.82) is 0 Å². The van der Waals surface area contributed by atoms with Crippen LogP contribution in [-0.2, 0) is 0 Å². The molecule has 0 radical (unpaired) electrons. The Hall–Kier alpha value is -1.04. The van der Waals surface area contributed by atoms with Gasteiger partial charge in [-0.1, -0.05) is 72.1 Å². The molecule has 0 aliphatic carbocycles. The molecular formula is C13H30NNo-. The van der Waals surface area contributed by atoms with Crippen LogP contribution in [-0.4, -0.2) is 13.6 Å². The van der Waals surface area contributed by atoms with Gasteiger partial charge >= 0.3 is 0 Å². The van der Waals surface area contributed by atoms with Gasteiger partial charge in [0.1, 0.15) is 0 Å². The molecule has 0 atom stereocenters. The van der Waals surface area contributed by atoms with Gasteiger partial charge in [-0.05, 0) is 0 Å². The zero-order chi connectivity index (χ0) is 11.1. The van der Waals surface area contributed by atoms with Crippen LogP contribution in [0.25, 0.3) is 5.32 Å². The number of rotatable bonds is 9. The van der Waals surface area contributed by atoms with E-state index >= 15 is 0 Å². The van der Waals surface area contributed by atoms with E-state index in [1.807, 2.05) is 20.9 Å². The Balaban J connectivity index is -0.000000449. The summed E-state index contributed by atoms with van der Waals surface area (Å²) in [5, 5.41) is 4.08. The van der Waals surface area contributed by atoms with E-state index in [0.29, 0.717) is 0 Å². The van der Waals surface area contributed by atoms with E-state index in [1.54, 1.807) is 0 Å². The van der Waals surface area contributed by atoms with E-state index in [-0.39, 0.29) is 0 Å². The molecular weight excluding hydrogens is 429 g/mol. The SMILES string of the molecule is CC.CCCCCCCCCC[N-]C.[No]. The van der Waals surface area contributed by atoms with E-state index in [1.165, 1.54) is 51.4 Å². The van der Waals surface area contributed by atoms with Crippen molar-refractivity contribution in [2.75, 3.05) is 13.6 Å². The molecule has 2 heteroatoms. The maximum Gasteiger partial charge on any atom is 0 e. The second kappa shape index (κ2) is 23.1. The average molecular weight is 459 g/mol. The van der Waals surface area contributed by atoms with Crippen LogP contribution in [0.1, 0.15) is 72.1 Å². The summed E-state index contributed by atoms with van der Waals surface area (Å²) in [4.78, 5) is 0. The van der Waals surface area contributed by atoms with Crippen LogP contribution in [0.3, 0.4) is 0 Å². The summed E-state index contributed by atoms with van der Waals surface area (Å²) in [6.07, 6.45) is 11.2. The zero-order valence-electron chi connectivity index (χ0n) is 11.1. The van der Waals surface area contributed by atoms with Crippen LogP contribution in [0.5, 0.6) is 0 Å². The predicted octanol–water partition coefficient (Wildman–Crippen LogP) is 5.16. The van der Waals surface area contributed by atoms with Crippen molar-refractivity contribution in [3.8, 4) is 0 Å². The fraction of sp³-hybridized carbons (Fsp3) is 1.00. The third kappa shape index (κ3) is 24.6. The third-order valence-corrected chi connectivity index (χ3v) is 2.24. The van der Waals surface area contributed by atoms with Gasteiger partial charge in [0, 0.05) is 0 Å². The van der Waals surface area contributed by atoms with Gasteiger partial charge in [0.15, 0.2) is 0 Å². The van der Waals surface area contributed by atoms with E-state index in [4.69, 9.17) is 0 Å². The second-order valence-electron chi connectivity index (χ2n) is 3.51. The maximum absolute atomic E-state index is 4.08. The summed E-state index contributed by atoms with van der Waals surface area (Å²) in [5.74, 6) is 0. The van der Waals surface area contributed by atoms with Gasteiger partial charge in [-0.25, -0.2) is 0 Å². The van der Waals surface area contributed by atoms with Crippen LogP contribution in [0, 0.1) is 0 Å². The summed E-state index contributed by atoms with van der Waals surface area (Å²) >= 11 is 0. The van der Waals surface area contributed by atoms with Crippen molar-refractivity contribution < 1.29 is 0 Å². The Morgan fingerprint density at radius 3 is 1.53 bits per heavy atom. The number of nitrogens with zero attached hydrogens (tertiary/aromatic N) is 1. The molecule has 0 rings (SSSR count). The summed E-state index contributed by atoms with van der Waals surface area (Å²) in [6.45, 7) is 7.33. The quantitative estimate of drug-likeness (QED) is 0.423. The van der Waals surface area contributed by atoms with E-state index < -0.39 is 0 Å². The van der Waals surface area contributed by atoms with Crippen LogP contribution in [0.4, 0.5) is 0 Å². The smallest absolute Gasteiger partial charge is 0 e. The van der Waals surface area contributed by atoms with Gasteiger partial charge in [-0.2, -0.15) is 7.05 Å². The molecule has 0 fully saturated rings. The topological polar surface area (TPSA) is 14.1 Å². The molecule has 102 valence electrons. The summed E-state index contributed by atoms with van der Waals surface area (Å²) in [5.41, 5.74) is 0. The Morgan fingerprint density at radius 1 is 0.733 bits per heavy atom. The van der Waals surface area contributed by atoms with Crippen molar-refractivity contribution >= 4 is 0 Å². The monoisotopic (exact) mass is 459 g/mol. The number of unbranched alkanes of at least 4 members (excludes halogenated alkanes) is 7. The van der Waals surface area contributed by atoms with Gasteiger partial charge in [-0.3, -0.25) is 0 Å².